The molecular formula is C17H28N2O5S. The summed E-state index contributed by atoms with van der Waals surface area (Å²) in [6.45, 7) is 5.10. The Labute approximate surface area is 150 Å². The highest BCUT2D eigenvalue weighted by atomic mass is 32.2. The number of benzene rings is 1. The van der Waals surface area contributed by atoms with Gasteiger partial charge in [-0.15, -0.1) is 0 Å². The Morgan fingerprint density at radius 1 is 1.28 bits per heavy atom. The van der Waals surface area contributed by atoms with Crippen LogP contribution in [-0.4, -0.2) is 61.5 Å². The van der Waals surface area contributed by atoms with Gasteiger partial charge in [-0.2, -0.15) is 0 Å². The highest BCUT2D eigenvalue weighted by Crippen LogP contribution is 2.11. The number of hydrogen-bond donors (Lipinski definition) is 2. The lowest BCUT2D eigenvalue weighted by molar-refractivity contribution is 0.0408. The first-order chi connectivity index (χ1) is 11.4. The molecule has 0 unspecified atom stereocenters. The second kappa shape index (κ2) is 8.64. The lowest BCUT2D eigenvalue weighted by atomic mass is 10.0. The van der Waals surface area contributed by atoms with E-state index in [0.29, 0.717) is 6.42 Å². The Morgan fingerprint density at radius 3 is 2.32 bits per heavy atom. The molecule has 0 radical (unpaired) electrons. The van der Waals surface area contributed by atoms with E-state index in [9.17, 15) is 18.3 Å². The van der Waals surface area contributed by atoms with Crippen molar-refractivity contribution < 1.29 is 23.1 Å². The van der Waals surface area contributed by atoms with Crippen LogP contribution in [0.15, 0.2) is 30.3 Å². The molecule has 25 heavy (non-hydrogen) atoms. The van der Waals surface area contributed by atoms with E-state index in [1.54, 1.807) is 20.8 Å². The molecule has 7 nitrogen and oxygen atoms in total. The molecule has 1 amide bonds. The third-order valence-corrected chi connectivity index (χ3v) is 4.76. The second-order valence-corrected chi connectivity index (χ2v) is 9.14. The topological polar surface area (TPSA) is 95.9 Å². The van der Waals surface area contributed by atoms with E-state index >= 15 is 0 Å². The van der Waals surface area contributed by atoms with Gasteiger partial charge in [0.05, 0.1) is 18.4 Å². The van der Waals surface area contributed by atoms with Crippen LogP contribution in [0.3, 0.4) is 0 Å². The van der Waals surface area contributed by atoms with Gasteiger partial charge in [0.15, 0.2) is 0 Å². The molecule has 0 aromatic heterocycles. The van der Waals surface area contributed by atoms with Crippen LogP contribution in [0.25, 0.3) is 0 Å². The van der Waals surface area contributed by atoms with Gasteiger partial charge in [0.1, 0.15) is 5.60 Å². The Bertz CT molecular complexity index is 655. The lowest BCUT2D eigenvalue weighted by Crippen LogP contribution is -2.50. The van der Waals surface area contributed by atoms with Crippen molar-refractivity contribution in [2.24, 2.45) is 0 Å². The number of carbonyl (C=O) groups excluding carboxylic acids is 1. The van der Waals surface area contributed by atoms with E-state index in [4.69, 9.17) is 4.74 Å². The molecule has 142 valence electrons. The smallest absolute Gasteiger partial charge is 0.407 e. The molecule has 0 heterocycles. The first kappa shape index (κ1) is 21.4. The molecule has 0 aliphatic heterocycles. The van der Waals surface area contributed by atoms with Crippen molar-refractivity contribution in [1.82, 2.24) is 9.62 Å². The minimum absolute atomic E-state index is 0.133. The molecule has 8 heteroatoms. The summed E-state index contributed by atoms with van der Waals surface area (Å²) >= 11 is 0. The van der Waals surface area contributed by atoms with Crippen molar-refractivity contribution in [3.8, 4) is 0 Å². The van der Waals surface area contributed by atoms with Crippen LogP contribution >= 0.6 is 0 Å². The highest BCUT2D eigenvalue weighted by molar-refractivity contribution is 7.88. The van der Waals surface area contributed by atoms with Crippen LogP contribution in [0.2, 0.25) is 0 Å². The first-order valence-corrected chi connectivity index (χ1v) is 9.86. The standard InChI is InChI=1S/C17H28N2O5S/c1-17(2,3)24-16(21)18-14(11-13-9-7-6-8-10-13)15(20)12-19(4)25(5,22)23/h6-10,14-15,20H,11-12H2,1-5H3,(H,18,21)/t14-,15+/m1/s1. The first-order valence-electron chi connectivity index (χ1n) is 8.01. The maximum Gasteiger partial charge on any atom is 0.407 e. The van der Waals surface area contributed by atoms with Crippen molar-refractivity contribution in [2.45, 2.75) is 44.9 Å². The van der Waals surface area contributed by atoms with Crippen molar-refractivity contribution in [1.29, 1.82) is 0 Å². The number of hydrogen-bond acceptors (Lipinski definition) is 5. The number of amides is 1. The lowest BCUT2D eigenvalue weighted by Gasteiger charge is -2.28. The van der Waals surface area contributed by atoms with Crippen LogP contribution in [0.1, 0.15) is 26.3 Å². The van der Waals surface area contributed by atoms with Gasteiger partial charge in [0, 0.05) is 13.6 Å². The van der Waals surface area contributed by atoms with Crippen molar-refractivity contribution in [3.05, 3.63) is 35.9 Å². The number of aliphatic hydroxyl groups excluding tert-OH is 1. The maximum absolute atomic E-state index is 12.1. The van der Waals surface area contributed by atoms with Gasteiger partial charge in [-0.3, -0.25) is 0 Å². The maximum atomic E-state index is 12.1. The van der Waals surface area contributed by atoms with Gasteiger partial charge in [0.25, 0.3) is 0 Å². The summed E-state index contributed by atoms with van der Waals surface area (Å²) in [7, 11) is -2.05. The monoisotopic (exact) mass is 372 g/mol. The van der Waals surface area contributed by atoms with Gasteiger partial charge < -0.3 is 15.2 Å². The minimum atomic E-state index is -3.43. The number of nitrogens with zero attached hydrogens (tertiary/aromatic N) is 1. The second-order valence-electron chi connectivity index (χ2n) is 7.05. The zero-order valence-electron chi connectivity index (χ0n) is 15.4. The third-order valence-electron chi connectivity index (χ3n) is 3.48. The predicted octanol–water partition coefficient (Wildman–Crippen LogP) is 1.37. The zero-order chi connectivity index (χ0) is 19.3. The average molecular weight is 372 g/mol. The van der Waals surface area contributed by atoms with Crippen molar-refractivity contribution in [3.63, 3.8) is 0 Å². The molecule has 0 spiro atoms. The van der Waals surface area contributed by atoms with Crippen LogP contribution in [0, 0.1) is 0 Å². The number of sulfonamides is 1. The van der Waals surface area contributed by atoms with E-state index in [0.717, 1.165) is 16.1 Å². The van der Waals surface area contributed by atoms with Gasteiger partial charge >= 0.3 is 6.09 Å². The van der Waals surface area contributed by atoms with Crippen LogP contribution in [0.5, 0.6) is 0 Å². The number of ether oxygens (including phenoxy) is 1. The van der Waals surface area contributed by atoms with E-state index in [-0.39, 0.29) is 6.54 Å². The summed E-state index contributed by atoms with van der Waals surface area (Å²) < 4.78 is 29.4. The summed E-state index contributed by atoms with van der Waals surface area (Å²) in [5.41, 5.74) is 0.236. The Morgan fingerprint density at radius 2 is 1.84 bits per heavy atom. The minimum Gasteiger partial charge on any atom is -0.444 e. The SMILES string of the molecule is CN(C[C@H](O)[C@@H](Cc1ccccc1)NC(=O)OC(C)(C)C)S(C)(=O)=O. The molecule has 0 saturated carbocycles. The Kier molecular flexibility index (Phi) is 7.40. The number of nitrogens with one attached hydrogen (secondary N) is 1. The van der Waals surface area contributed by atoms with Crippen LogP contribution in [-0.2, 0) is 21.2 Å². The largest absolute Gasteiger partial charge is 0.444 e. The van der Waals surface area contributed by atoms with Crippen molar-refractivity contribution in [2.75, 3.05) is 19.8 Å². The molecule has 1 aromatic rings. The van der Waals surface area contributed by atoms with E-state index in [1.807, 2.05) is 30.3 Å². The van der Waals surface area contributed by atoms with Crippen molar-refractivity contribution >= 4 is 16.1 Å². The number of aliphatic hydroxyl groups is 1. The number of alkyl carbamates (subject to hydrolysis) is 1. The fraction of sp³-hybridized carbons (Fsp3) is 0.588. The summed E-state index contributed by atoms with van der Waals surface area (Å²) in [6.07, 6.45) is -0.339. The summed E-state index contributed by atoms with van der Waals surface area (Å²) in [4.78, 5) is 12.1. The summed E-state index contributed by atoms with van der Waals surface area (Å²) in [5.74, 6) is 0. The average Bonchev–Trinajstić information content (AvgIpc) is 2.44. The predicted molar refractivity (Wildman–Crippen MR) is 96.8 cm³/mol. The molecule has 1 rings (SSSR count). The van der Waals surface area contributed by atoms with Gasteiger partial charge in [-0.25, -0.2) is 17.5 Å². The molecule has 0 saturated heterocycles. The fourth-order valence-electron chi connectivity index (χ4n) is 2.14. The summed E-state index contributed by atoms with van der Waals surface area (Å²) in [5, 5.41) is 13.1. The molecule has 1 aromatic carbocycles. The molecule has 0 aliphatic rings. The molecule has 2 N–H and O–H groups in total. The van der Waals surface area contributed by atoms with Gasteiger partial charge in [-0.1, -0.05) is 30.3 Å². The normalized spacial score (nSPS) is 14.8. The Balaban J connectivity index is 2.88. The zero-order valence-corrected chi connectivity index (χ0v) is 16.2. The van der Waals surface area contributed by atoms with E-state index in [2.05, 4.69) is 5.32 Å². The number of carbonyl (C=O) groups is 1. The fourth-order valence-corrected chi connectivity index (χ4v) is 2.56. The molecule has 0 fully saturated rings. The third kappa shape index (κ3) is 8.33. The molecular weight excluding hydrogens is 344 g/mol. The highest BCUT2D eigenvalue weighted by Gasteiger charge is 2.27. The molecule has 0 bridgehead atoms. The van der Waals surface area contributed by atoms with E-state index in [1.165, 1.54) is 7.05 Å². The molecule has 0 aliphatic carbocycles. The van der Waals surface area contributed by atoms with E-state index < -0.39 is 33.9 Å². The summed E-state index contributed by atoms with van der Waals surface area (Å²) in [6, 6.07) is 8.63. The molecule has 2 atom stereocenters. The van der Waals surface area contributed by atoms with Crippen LogP contribution in [0.4, 0.5) is 4.79 Å². The van der Waals surface area contributed by atoms with Gasteiger partial charge in [0.2, 0.25) is 10.0 Å². The quantitative estimate of drug-likeness (QED) is 0.754. The van der Waals surface area contributed by atoms with Gasteiger partial charge in [-0.05, 0) is 32.8 Å². The number of likely N-dealkylation sites (N-methyl/N-ethyl adjacent to an activating group) is 1. The van der Waals surface area contributed by atoms with Crippen LogP contribution < -0.4 is 5.32 Å². The Hall–Kier alpha value is -1.64. The number of rotatable bonds is 7.